The van der Waals surface area contributed by atoms with Gasteiger partial charge in [-0.25, -0.2) is 9.97 Å². The monoisotopic (exact) mass is 491 g/mol. The number of fused-ring (bicyclic) bond motifs is 11. The topological polar surface area (TPSA) is 43.9 Å². The average molecular weight is 492 g/mol. The van der Waals surface area contributed by atoms with Crippen LogP contribution in [-0.4, -0.2) is 14.5 Å². The normalized spacial score (nSPS) is 12.3. The minimum Gasteiger partial charge on any atom is -0.454 e. The second-order valence-electron chi connectivity index (χ2n) is 9.48. The molecule has 0 saturated heterocycles. The molecule has 5 aromatic carbocycles. The molecule has 0 amide bonds. The number of furan rings is 1. The van der Waals surface area contributed by atoms with Gasteiger partial charge in [0.15, 0.2) is 5.58 Å². The molecule has 0 unspecified atom stereocenters. The van der Waals surface area contributed by atoms with Crippen LogP contribution in [0.25, 0.3) is 80.5 Å². The van der Waals surface area contributed by atoms with Gasteiger partial charge in [0.25, 0.3) is 0 Å². The van der Waals surface area contributed by atoms with Gasteiger partial charge in [-0.3, -0.25) is 0 Å². The summed E-state index contributed by atoms with van der Waals surface area (Å²) in [6.07, 6.45) is 3.51. The zero-order valence-electron chi connectivity index (χ0n) is 19.5. The molecule has 37 heavy (non-hydrogen) atoms. The van der Waals surface area contributed by atoms with Gasteiger partial charge in [0, 0.05) is 48.6 Å². The Morgan fingerprint density at radius 2 is 1.54 bits per heavy atom. The molecule has 9 rings (SSSR count). The Hall–Kier alpha value is -4.74. The molecule has 0 saturated carbocycles. The molecule has 0 fully saturated rings. The molecule has 0 spiro atoms. The van der Waals surface area contributed by atoms with E-state index in [1.54, 1.807) is 6.33 Å². The Bertz CT molecular complexity index is 2370. The molecular formula is C32H17N3OS. The van der Waals surface area contributed by atoms with Crippen LogP contribution in [0.4, 0.5) is 0 Å². The van der Waals surface area contributed by atoms with Gasteiger partial charge in [0.1, 0.15) is 11.9 Å². The number of hydrogen-bond acceptors (Lipinski definition) is 4. The van der Waals surface area contributed by atoms with Gasteiger partial charge in [0.2, 0.25) is 0 Å². The Kier molecular flexibility index (Phi) is 3.64. The van der Waals surface area contributed by atoms with Crippen molar-refractivity contribution in [3.63, 3.8) is 0 Å². The maximum absolute atomic E-state index is 6.50. The van der Waals surface area contributed by atoms with Crippen LogP contribution in [0.3, 0.4) is 0 Å². The van der Waals surface area contributed by atoms with Crippen LogP contribution >= 0.6 is 11.3 Å². The first-order valence-electron chi connectivity index (χ1n) is 12.2. The van der Waals surface area contributed by atoms with Crippen LogP contribution in [0.1, 0.15) is 0 Å². The summed E-state index contributed by atoms with van der Waals surface area (Å²) in [5, 5.41) is 8.30. The minimum absolute atomic E-state index is 0.908. The van der Waals surface area contributed by atoms with Gasteiger partial charge in [-0.2, -0.15) is 0 Å². The fraction of sp³-hybridized carbons (Fsp3) is 0. The van der Waals surface area contributed by atoms with Crippen LogP contribution in [-0.2, 0) is 0 Å². The lowest BCUT2D eigenvalue weighted by Gasteiger charge is -2.09. The lowest BCUT2D eigenvalue weighted by atomic mass is 10.1. The van der Waals surface area contributed by atoms with Crippen LogP contribution in [0.15, 0.2) is 108 Å². The van der Waals surface area contributed by atoms with Crippen LogP contribution < -0.4 is 0 Å². The van der Waals surface area contributed by atoms with Gasteiger partial charge in [-0.1, -0.05) is 60.7 Å². The second kappa shape index (κ2) is 6.93. The molecule has 0 N–H and O–H groups in total. The maximum atomic E-state index is 6.50. The molecule has 5 heteroatoms. The zero-order chi connectivity index (χ0) is 24.1. The molecule has 172 valence electrons. The lowest BCUT2D eigenvalue weighted by molar-refractivity contribution is 0.666. The average Bonchev–Trinajstić information content (AvgIpc) is 3.61. The van der Waals surface area contributed by atoms with E-state index in [0.717, 1.165) is 38.5 Å². The summed E-state index contributed by atoms with van der Waals surface area (Å²) in [6, 6.07) is 32.4. The van der Waals surface area contributed by atoms with E-state index in [2.05, 4.69) is 93.4 Å². The van der Waals surface area contributed by atoms with E-state index in [4.69, 9.17) is 4.42 Å². The summed E-state index contributed by atoms with van der Waals surface area (Å²) in [4.78, 5) is 8.74. The Morgan fingerprint density at radius 1 is 0.703 bits per heavy atom. The highest BCUT2D eigenvalue weighted by molar-refractivity contribution is 7.26. The van der Waals surface area contributed by atoms with E-state index in [-0.39, 0.29) is 0 Å². The van der Waals surface area contributed by atoms with Gasteiger partial charge in [-0.15, -0.1) is 11.3 Å². The first kappa shape index (κ1) is 19.4. The van der Waals surface area contributed by atoms with Crippen molar-refractivity contribution in [2.24, 2.45) is 0 Å². The molecule has 4 nitrogen and oxygen atoms in total. The molecule has 0 aliphatic rings. The summed E-state index contributed by atoms with van der Waals surface area (Å²) in [5.74, 6) is 0. The molecule has 0 aliphatic heterocycles. The van der Waals surface area contributed by atoms with Crippen molar-refractivity contribution in [3.05, 3.63) is 104 Å². The van der Waals surface area contributed by atoms with Crippen molar-refractivity contribution in [2.45, 2.75) is 0 Å². The van der Waals surface area contributed by atoms with Crippen molar-refractivity contribution in [1.29, 1.82) is 0 Å². The van der Waals surface area contributed by atoms with Crippen LogP contribution in [0, 0.1) is 0 Å². The Balaban J connectivity index is 1.50. The molecule has 0 atom stereocenters. The highest BCUT2D eigenvalue weighted by Gasteiger charge is 2.20. The molecule has 4 heterocycles. The highest BCUT2D eigenvalue weighted by Crippen LogP contribution is 2.45. The fourth-order valence-electron chi connectivity index (χ4n) is 5.92. The summed E-state index contributed by atoms with van der Waals surface area (Å²) in [6.45, 7) is 0. The van der Waals surface area contributed by atoms with Gasteiger partial charge in [-0.05, 0) is 30.3 Å². The summed E-state index contributed by atoms with van der Waals surface area (Å²) >= 11 is 1.83. The molecule has 9 aromatic rings. The minimum atomic E-state index is 0.908. The van der Waals surface area contributed by atoms with E-state index in [9.17, 15) is 0 Å². The van der Waals surface area contributed by atoms with Crippen molar-refractivity contribution in [1.82, 2.24) is 14.5 Å². The fourth-order valence-corrected chi connectivity index (χ4v) is 7.17. The highest BCUT2D eigenvalue weighted by atomic mass is 32.1. The van der Waals surface area contributed by atoms with E-state index in [1.807, 2.05) is 29.7 Å². The Morgan fingerprint density at radius 3 is 2.51 bits per heavy atom. The number of benzene rings is 5. The van der Waals surface area contributed by atoms with Crippen molar-refractivity contribution >= 4 is 86.2 Å². The predicted molar refractivity (Wildman–Crippen MR) is 154 cm³/mol. The third kappa shape index (κ3) is 2.51. The molecule has 0 bridgehead atoms. The van der Waals surface area contributed by atoms with Gasteiger partial charge in [0.05, 0.1) is 26.9 Å². The molecule has 0 radical (unpaired) electrons. The summed E-state index contributed by atoms with van der Waals surface area (Å²) in [5.41, 5.74) is 6.23. The number of aromatic nitrogens is 3. The molecule has 4 aromatic heterocycles. The first-order valence-corrected chi connectivity index (χ1v) is 13.1. The second-order valence-corrected chi connectivity index (χ2v) is 10.5. The van der Waals surface area contributed by atoms with Crippen molar-refractivity contribution in [3.8, 4) is 5.69 Å². The third-order valence-electron chi connectivity index (χ3n) is 7.52. The van der Waals surface area contributed by atoms with Gasteiger partial charge < -0.3 is 8.98 Å². The van der Waals surface area contributed by atoms with E-state index < -0.39 is 0 Å². The molecular weight excluding hydrogens is 474 g/mol. The van der Waals surface area contributed by atoms with Gasteiger partial charge >= 0.3 is 0 Å². The number of para-hydroxylation sites is 3. The smallest absolute Gasteiger partial charge is 0.159 e. The third-order valence-corrected chi connectivity index (χ3v) is 8.70. The summed E-state index contributed by atoms with van der Waals surface area (Å²) in [7, 11) is 0. The van der Waals surface area contributed by atoms with Crippen molar-refractivity contribution < 1.29 is 4.42 Å². The summed E-state index contributed by atoms with van der Waals surface area (Å²) < 4.78 is 11.4. The number of nitrogens with zero attached hydrogens (tertiary/aromatic N) is 3. The van der Waals surface area contributed by atoms with Crippen LogP contribution in [0.2, 0.25) is 0 Å². The van der Waals surface area contributed by atoms with E-state index in [1.165, 1.54) is 42.0 Å². The standard InChI is InChI=1S/C32H17N3OS/c1-3-9-26-19(6-1)21-12-13-23-24-14-18-16-33-17-34-25(18)15-29(24)37-32(23)30(21)35(26)27-10-5-8-22-20-7-2-4-11-28(20)36-31(22)27/h1-17H. The van der Waals surface area contributed by atoms with E-state index in [0.29, 0.717) is 0 Å². The Labute approximate surface area is 214 Å². The maximum Gasteiger partial charge on any atom is 0.159 e. The quantitative estimate of drug-likeness (QED) is 0.230. The van der Waals surface area contributed by atoms with E-state index >= 15 is 0 Å². The van der Waals surface area contributed by atoms with Crippen molar-refractivity contribution in [2.75, 3.05) is 0 Å². The lowest BCUT2D eigenvalue weighted by Crippen LogP contribution is -1.94. The number of rotatable bonds is 1. The van der Waals surface area contributed by atoms with Crippen LogP contribution in [0.5, 0.6) is 0 Å². The first-order chi connectivity index (χ1) is 18.3. The number of thiophene rings is 1. The zero-order valence-corrected chi connectivity index (χ0v) is 20.3. The molecule has 0 aliphatic carbocycles. The SMILES string of the molecule is c1ccc2c(c1)oc1c(-n3c4ccccc4c4ccc5c6cc7cncnc7cc6sc5c43)cccc12. The predicted octanol–water partition coefficient (Wildman–Crippen LogP) is 8.99. The largest absolute Gasteiger partial charge is 0.454 e. The number of hydrogen-bond donors (Lipinski definition) is 0.